The largest absolute Gasteiger partial charge is 0.0619 e. The van der Waals surface area contributed by atoms with E-state index in [0.717, 1.165) is 0 Å². The van der Waals surface area contributed by atoms with E-state index in [1.54, 1.807) is 0 Å². The molecular weight excluding hydrogens is 661 g/mol. The van der Waals surface area contributed by atoms with E-state index in [0.29, 0.717) is 0 Å². The van der Waals surface area contributed by atoms with Crippen molar-refractivity contribution in [2.24, 2.45) is 0 Å². The molecule has 0 heterocycles. The van der Waals surface area contributed by atoms with Gasteiger partial charge in [-0.15, -0.1) is 0 Å². The van der Waals surface area contributed by atoms with Crippen molar-refractivity contribution in [3.05, 3.63) is 205 Å². The van der Waals surface area contributed by atoms with Crippen molar-refractivity contribution < 1.29 is 0 Å². The Kier molecular flexibility index (Phi) is 7.00. The van der Waals surface area contributed by atoms with E-state index in [1.807, 2.05) is 0 Å². The molecule has 0 spiro atoms. The normalized spacial score (nSPS) is 13.1. The number of fused-ring (bicyclic) bond motifs is 7. The molecule has 0 saturated heterocycles. The van der Waals surface area contributed by atoms with Crippen LogP contribution in [-0.2, 0) is 5.41 Å². The molecule has 0 atom stereocenters. The van der Waals surface area contributed by atoms with Crippen LogP contribution in [0.5, 0.6) is 0 Å². The van der Waals surface area contributed by atoms with Crippen LogP contribution in [0.25, 0.3) is 98.7 Å². The zero-order valence-corrected chi connectivity index (χ0v) is 31.0. The summed E-state index contributed by atoms with van der Waals surface area (Å²) in [7, 11) is 0. The third-order valence-corrected chi connectivity index (χ3v) is 12.3. The van der Waals surface area contributed by atoms with Gasteiger partial charge in [0.2, 0.25) is 0 Å². The minimum Gasteiger partial charge on any atom is -0.0619 e. The predicted molar refractivity (Wildman–Crippen MR) is 236 cm³/mol. The summed E-state index contributed by atoms with van der Waals surface area (Å²) >= 11 is 0. The molecule has 0 aliphatic heterocycles. The van der Waals surface area contributed by atoms with Crippen molar-refractivity contribution in [1.82, 2.24) is 0 Å². The highest BCUT2D eigenvalue weighted by Gasteiger charge is 2.35. The fourth-order valence-electron chi connectivity index (χ4n) is 9.61. The molecule has 0 unspecified atom stereocenters. The van der Waals surface area contributed by atoms with Gasteiger partial charge in [0.05, 0.1) is 0 Å². The molecule has 0 aromatic heterocycles. The number of hydrogen-bond donors (Lipinski definition) is 0. The maximum absolute atomic E-state index is 2.47. The summed E-state index contributed by atoms with van der Waals surface area (Å²) < 4.78 is 0. The van der Waals surface area contributed by atoms with Gasteiger partial charge in [0.25, 0.3) is 0 Å². The molecule has 0 radical (unpaired) electrons. The zero-order chi connectivity index (χ0) is 36.7. The topological polar surface area (TPSA) is 0 Å². The Labute approximate surface area is 322 Å². The van der Waals surface area contributed by atoms with Crippen molar-refractivity contribution in [2.75, 3.05) is 0 Å². The van der Waals surface area contributed by atoms with Gasteiger partial charge in [0.15, 0.2) is 0 Å². The van der Waals surface area contributed by atoms with Gasteiger partial charge in [-0.25, -0.2) is 0 Å². The Morgan fingerprint density at radius 3 is 1.65 bits per heavy atom. The SMILES string of the molecule is CC1(C)c2ccccc2-c2cc(-c3c4ccccc4c(-c4ccccc4-c4ccc5ccccc5c4)c4ccc(-c5cccc6ccccc56)cc34)ccc21. The van der Waals surface area contributed by atoms with Crippen LogP contribution in [0.1, 0.15) is 25.0 Å². The van der Waals surface area contributed by atoms with Crippen LogP contribution >= 0.6 is 0 Å². The Balaban J connectivity index is 1.24. The summed E-state index contributed by atoms with van der Waals surface area (Å²) in [5.74, 6) is 0. The van der Waals surface area contributed by atoms with Gasteiger partial charge >= 0.3 is 0 Å². The Hall–Kier alpha value is -6.76. The van der Waals surface area contributed by atoms with Crippen LogP contribution in [0, 0.1) is 0 Å². The van der Waals surface area contributed by atoms with Gasteiger partial charge in [-0.2, -0.15) is 0 Å². The maximum atomic E-state index is 2.47. The van der Waals surface area contributed by atoms with Crippen molar-refractivity contribution in [1.29, 1.82) is 0 Å². The van der Waals surface area contributed by atoms with E-state index in [1.165, 1.54) is 110 Å². The van der Waals surface area contributed by atoms with E-state index in [9.17, 15) is 0 Å². The quantitative estimate of drug-likeness (QED) is 0.161. The molecular formula is C55H38. The van der Waals surface area contributed by atoms with Crippen molar-refractivity contribution >= 4 is 43.1 Å². The lowest BCUT2D eigenvalue weighted by Crippen LogP contribution is -2.14. The molecule has 0 nitrogen and oxygen atoms in total. The van der Waals surface area contributed by atoms with Crippen LogP contribution in [0.2, 0.25) is 0 Å². The van der Waals surface area contributed by atoms with Crippen LogP contribution in [0.3, 0.4) is 0 Å². The summed E-state index contributed by atoms with van der Waals surface area (Å²) in [5, 5.41) is 10.1. The summed E-state index contributed by atoms with van der Waals surface area (Å²) in [6, 6.07) is 72.4. The number of hydrogen-bond acceptors (Lipinski definition) is 0. The molecule has 0 saturated carbocycles. The van der Waals surface area contributed by atoms with Crippen molar-refractivity contribution in [3.8, 4) is 55.6 Å². The standard InChI is InChI=1S/C55H38/c1-55(2)51-25-12-11-20-44(51)49-34-40(29-31-52(49)55)53-46-22-9-10-23-47(46)54(45-21-8-7-19-43(45)38-27-26-35-14-3-4-16-37(35)32-38)48-30-28-39(33-50(48)53)42-24-13-17-36-15-5-6-18-41(36)42/h3-34H,1-2H3. The highest BCUT2D eigenvalue weighted by Crippen LogP contribution is 2.52. The van der Waals surface area contributed by atoms with Gasteiger partial charge in [-0.05, 0) is 128 Å². The second-order valence-corrected chi connectivity index (χ2v) is 15.6. The summed E-state index contributed by atoms with van der Waals surface area (Å²) in [4.78, 5) is 0. The van der Waals surface area contributed by atoms with E-state index >= 15 is 0 Å². The van der Waals surface area contributed by atoms with Gasteiger partial charge in [0, 0.05) is 5.41 Å². The molecule has 10 aromatic rings. The van der Waals surface area contributed by atoms with Gasteiger partial charge in [0.1, 0.15) is 0 Å². The summed E-state index contributed by atoms with van der Waals surface area (Å²) in [5.41, 5.74) is 15.4. The zero-order valence-electron chi connectivity index (χ0n) is 31.0. The van der Waals surface area contributed by atoms with Gasteiger partial charge in [-0.1, -0.05) is 190 Å². The van der Waals surface area contributed by atoms with Crippen LogP contribution in [-0.4, -0.2) is 0 Å². The lowest BCUT2D eigenvalue weighted by atomic mass is 9.80. The van der Waals surface area contributed by atoms with Gasteiger partial charge in [-0.3, -0.25) is 0 Å². The van der Waals surface area contributed by atoms with Crippen LogP contribution in [0.15, 0.2) is 194 Å². The minimum atomic E-state index is -0.0491. The summed E-state index contributed by atoms with van der Waals surface area (Å²) in [6.45, 7) is 4.72. The van der Waals surface area contributed by atoms with E-state index < -0.39 is 0 Å². The smallest absolute Gasteiger partial charge is 0.0158 e. The molecule has 55 heavy (non-hydrogen) atoms. The second-order valence-electron chi connectivity index (χ2n) is 15.6. The molecule has 1 aliphatic rings. The first-order valence-corrected chi connectivity index (χ1v) is 19.3. The molecule has 0 fully saturated rings. The maximum Gasteiger partial charge on any atom is 0.0158 e. The van der Waals surface area contributed by atoms with Crippen LogP contribution in [0.4, 0.5) is 0 Å². The number of rotatable bonds is 4. The lowest BCUT2D eigenvalue weighted by molar-refractivity contribution is 0.660. The van der Waals surface area contributed by atoms with E-state index in [-0.39, 0.29) is 5.41 Å². The first-order chi connectivity index (χ1) is 27.0. The fourth-order valence-corrected chi connectivity index (χ4v) is 9.61. The average molecular weight is 699 g/mol. The Morgan fingerprint density at radius 1 is 0.273 bits per heavy atom. The molecule has 0 heteroatoms. The predicted octanol–water partition coefficient (Wildman–Crippen LogP) is 15.3. The molecule has 0 bridgehead atoms. The molecule has 258 valence electrons. The molecule has 11 rings (SSSR count). The number of benzene rings is 10. The Morgan fingerprint density at radius 2 is 0.818 bits per heavy atom. The first kappa shape index (κ1) is 31.7. The van der Waals surface area contributed by atoms with Crippen LogP contribution < -0.4 is 0 Å². The molecule has 0 N–H and O–H groups in total. The minimum absolute atomic E-state index is 0.0491. The van der Waals surface area contributed by atoms with E-state index in [4.69, 9.17) is 0 Å². The molecule has 1 aliphatic carbocycles. The second kappa shape index (κ2) is 12.1. The lowest BCUT2D eigenvalue weighted by Gasteiger charge is -2.22. The monoisotopic (exact) mass is 698 g/mol. The average Bonchev–Trinajstić information content (AvgIpc) is 3.47. The molecule has 0 amide bonds. The highest BCUT2D eigenvalue weighted by molar-refractivity contribution is 6.23. The summed E-state index contributed by atoms with van der Waals surface area (Å²) in [6.07, 6.45) is 0. The van der Waals surface area contributed by atoms with E-state index in [2.05, 4.69) is 208 Å². The molecule has 10 aromatic carbocycles. The third-order valence-electron chi connectivity index (χ3n) is 12.3. The van der Waals surface area contributed by atoms with Crippen molar-refractivity contribution in [3.63, 3.8) is 0 Å². The first-order valence-electron chi connectivity index (χ1n) is 19.3. The van der Waals surface area contributed by atoms with Crippen molar-refractivity contribution in [2.45, 2.75) is 19.3 Å². The van der Waals surface area contributed by atoms with Gasteiger partial charge < -0.3 is 0 Å². The third kappa shape index (κ3) is 4.85. The fraction of sp³-hybridized carbons (Fsp3) is 0.0545. The highest BCUT2D eigenvalue weighted by atomic mass is 14.4. The Bertz CT molecular complexity index is 3170.